The molecular formula is C8H15NO. The number of allylic oxidation sites excluding steroid dienone is 1. The summed E-state index contributed by atoms with van der Waals surface area (Å²) in [5.41, 5.74) is 0. The lowest BCUT2D eigenvalue weighted by atomic mass is 9.96. The first-order chi connectivity index (χ1) is 4.63. The molecule has 2 atom stereocenters. The van der Waals surface area contributed by atoms with Gasteiger partial charge < -0.3 is 5.32 Å². The summed E-state index contributed by atoms with van der Waals surface area (Å²) in [4.78, 5) is 11.0. The van der Waals surface area contributed by atoms with Crippen LogP contribution in [0.15, 0.2) is 12.7 Å². The fraction of sp³-hybridized carbons (Fsp3) is 0.625. The Morgan fingerprint density at radius 3 is 2.40 bits per heavy atom. The first kappa shape index (κ1) is 9.21. The lowest BCUT2D eigenvalue weighted by Gasteiger charge is -2.13. The van der Waals surface area contributed by atoms with Crippen molar-refractivity contribution in [1.29, 1.82) is 0 Å². The Morgan fingerprint density at radius 2 is 2.10 bits per heavy atom. The molecule has 0 bridgehead atoms. The van der Waals surface area contributed by atoms with Crippen LogP contribution in [-0.4, -0.2) is 13.0 Å². The van der Waals surface area contributed by atoms with Gasteiger partial charge in [0.25, 0.3) is 0 Å². The van der Waals surface area contributed by atoms with Crippen molar-refractivity contribution in [3.63, 3.8) is 0 Å². The van der Waals surface area contributed by atoms with E-state index in [-0.39, 0.29) is 17.7 Å². The number of rotatable bonds is 3. The van der Waals surface area contributed by atoms with Crippen LogP contribution in [0.4, 0.5) is 0 Å². The maximum atomic E-state index is 11.0. The molecule has 0 aromatic carbocycles. The highest BCUT2D eigenvalue weighted by Crippen LogP contribution is 2.10. The molecule has 58 valence electrons. The minimum absolute atomic E-state index is 0.0301. The van der Waals surface area contributed by atoms with Gasteiger partial charge in [0.15, 0.2) is 0 Å². The molecule has 0 aromatic heterocycles. The minimum Gasteiger partial charge on any atom is -0.359 e. The van der Waals surface area contributed by atoms with Crippen molar-refractivity contribution in [3.05, 3.63) is 12.7 Å². The third-order valence-corrected chi connectivity index (χ3v) is 1.82. The van der Waals surface area contributed by atoms with Gasteiger partial charge in [-0.1, -0.05) is 19.9 Å². The molecular weight excluding hydrogens is 126 g/mol. The number of hydrogen-bond acceptors (Lipinski definition) is 1. The van der Waals surface area contributed by atoms with Crippen LogP contribution in [0.5, 0.6) is 0 Å². The number of hydrogen-bond donors (Lipinski definition) is 1. The van der Waals surface area contributed by atoms with E-state index in [4.69, 9.17) is 0 Å². The highest BCUT2D eigenvalue weighted by atomic mass is 16.1. The van der Waals surface area contributed by atoms with Crippen LogP contribution in [0.25, 0.3) is 0 Å². The van der Waals surface area contributed by atoms with Crippen molar-refractivity contribution < 1.29 is 4.79 Å². The lowest BCUT2D eigenvalue weighted by Crippen LogP contribution is -2.28. The largest absolute Gasteiger partial charge is 0.359 e. The van der Waals surface area contributed by atoms with E-state index in [1.807, 2.05) is 13.8 Å². The Bertz CT molecular complexity index is 131. The van der Waals surface area contributed by atoms with Crippen molar-refractivity contribution in [2.24, 2.45) is 11.8 Å². The van der Waals surface area contributed by atoms with Gasteiger partial charge in [0.1, 0.15) is 0 Å². The summed E-state index contributed by atoms with van der Waals surface area (Å²) in [6.07, 6.45) is 1.79. The van der Waals surface area contributed by atoms with Crippen molar-refractivity contribution >= 4 is 5.91 Å². The molecule has 0 spiro atoms. The van der Waals surface area contributed by atoms with Crippen LogP contribution in [0.3, 0.4) is 0 Å². The van der Waals surface area contributed by atoms with Crippen LogP contribution in [0, 0.1) is 11.8 Å². The minimum atomic E-state index is 0.0301. The predicted octanol–water partition coefficient (Wildman–Crippen LogP) is 1.19. The quantitative estimate of drug-likeness (QED) is 0.588. The van der Waals surface area contributed by atoms with Gasteiger partial charge in [0.05, 0.1) is 0 Å². The zero-order chi connectivity index (χ0) is 8.15. The predicted molar refractivity (Wildman–Crippen MR) is 42.6 cm³/mol. The van der Waals surface area contributed by atoms with Gasteiger partial charge in [0, 0.05) is 13.0 Å². The Labute approximate surface area is 62.3 Å². The summed E-state index contributed by atoms with van der Waals surface area (Å²) < 4.78 is 0. The van der Waals surface area contributed by atoms with E-state index in [9.17, 15) is 4.79 Å². The van der Waals surface area contributed by atoms with Crippen LogP contribution in [0.2, 0.25) is 0 Å². The molecule has 1 N–H and O–H groups in total. The normalized spacial score (nSPS) is 15.5. The first-order valence-corrected chi connectivity index (χ1v) is 3.47. The molecule has 0 heterocycles. The standard InChI is InChI=1S/C8H15NO/c1-5-6(2)7(3)8(10)9-4/h5-7H,1H2,2-4H3,(H,9,10). The number of carbonyl (C=O) groups excluding carboxylic acids is 1. The summed E-state index contributed by atoms with van der Waals surface area (Å²) in [6.45, 7) is 7.49. The van der Waals surface area contributed by atoms with Gasteiger partial charge in [-0.05, 0) is 5.92 Å². The van der Waals surface area contributed by atoms with E-state index in [0.717, 1.165) is 0 Å². The molecule has 0 aliphatic heterocycles. The van der Waals surface area contributed by atoms with Gasteiger partial charge in [-0.3, -0.25) is 4.79 Å². The molecule has 10 heavy (non-hydrogen) atoms. The summed E-state index contributed by atoms with van der Waals surface area (Å²) in [6, 6.07) is 0. The Balaban J connectivity index is 3.93. The molecule has 0 saturated carbocycles. The van der Waals surface area contributed by atoms with Gasteiger partial charge >= 0.3 is 0 Å². The Morgan fingerprint density at radius 1 is 1.60 bits per heavy atom. The average Bonchev–Trinajstić information content (AvgIpc) is 2.00. The second-order valence-electron chi connectivity index (χ2n) is 2.50. The maximum Gasteiger partial charge on any atom is 0.223 e. The summed E-state index contributed by atoms with van der Waals surface area (Å²) >= 11 is 0. The number of carbonyl (C=O) groups is 1. The van der Waals surface area contributed by atoms with Crippen LogP contribution in [-0.2, 0) is 4.79 Å². The molecule has 1 amide bonds. The number of nitrogens with one attached hydrogen (secondary N) is 1. The van der Waals surface area contributed by atoms with Gasteiger partial charge in [-0.25, -0.2) is 0 Å². The molecule has 0 fully saturated rings. The summed E-state index contributed by atoms with van der Waals surface area (Å²) in [5.74, 6) is 0.356. The van der Waals surface area contributed by atoms with Crippen LogP contribution < -0.4 is 5.32 Å². The highest BCUT2D eigenvalue weighted by Gasteiger charge is 2.15. The average molecular weight is 141 g/mol. The zero-order valence-electron chi connectivity index (χ0n) is 6.85. The second kappa shape index (κ2) is 4.09. The third-order valence-electron chi connectivity index (χ3n) is 1.82. The topological polar surface area (TPSA) is 29.1 Å². The van der Waals surface area contributed by atoms with Crippen molar-refractivity contribution in [3.8, 4) is 0 Å². The lowest BCUT2D eigenvalue weighted by molar-refractivity contribution is -0.124. The SMILES string of the molecule is C=CC(C)C(C)C(=O)NC. The fourth-order valence-corrected chi connectivity index (χ4v) is 0.671. The van der Waals surface area contributed by atoms with Crippen molar-refractivity contribution in [2.45, 2.75) is 13.8 Å². The molecule has 0 aliphatic carbocycles. The molecule has 0 rings (SSSR count). The van der Waals surface area contributed by atoms with E-state index >= 15 is 0 Å². The molecule has 0 radical (unpaired) electrons. The molecule has 2 heteroatoms. The molecule has 0 aromatic rings. The fourth-order valence-electron chi connectivity index (χ4n) is 0.671. The maximum absolute atomic E-state index is 11.0. The molecule has 2 unspecified atom stereocenters. The van der Waals surface area contributed by atoms with E-state index in [1.54, 1.807) is 13.1 Å². The van der Waals surface area contributed by atoms with Gasteiger partial charge in [-0.15, -0.1) is 6.58 Å². The monoisotopic (exact) mass is 141 g/mol. The Kier molecular flexibility index (Phi) is 3.77. The van der Waals surface area contributed by atoms with E-state index in [2.05, 4.69) is 11.9 Å². The Hall–Kier alpha value is -0.790. The number of amides is 1. The van der Waals surface area contributed by atoms with Crippen molar-refractivity contribution in [2.75, 3.05) is 7.05 Å². The summed E-state index contributed by atoms with van der Waals surface area (Å²) in [7, 11) is 1.65. The molecule has 0 saturated heterocycles. The van der Waals surface area contributed by atoms with Crippen LogP contribution in [0.1, 0.15) is 13.8 Å². The smallest absolute Gasteiger partial charge is 0.223 e. The first-order valence-electron chi connectivity index (χ1n) is 3.47. The van der Waals surface area contributed by atoms with Gasteiger partial charge in [-0.2, -0.15) is 0 Å². The second-order valence-corrected chi connectivity index (χ2v) is 2.50. The highest BCUT2D eigenvalue weighted by molar-refractivity contribution is 5.78. The molecule has 0 aliphatic rings. The van der Waals surface area contributed by atoms with Gasteiger partial charge in [0.2, 0.25) is 5.91 Å². The molecule has 2 nitrogen and oxygen atoms in total. The van der Waals surface area contributed by atoms with E-state index < -0.39 is 0 Å². The van der Waals surface area contributed by atoms with E-state index in [0.29, 0.717) is 0 Å². The van der Waals surface area contributed by atoms with E-state index in [1.165, 1.54) is 0 Å². The summed E-state index contributed by atoms with van der Waals surface area (Å²) in [5, 5.41) is 2.59. The van der Waals surface area contributed by atoms with Crippen molar-refractivity contribution in [1.82, 2.24) is 5.32 Å². The third kappa shape index (κ3) is 2.21. The zero-order valence-corrected chi connectivity index (χ0v) is 6.85. The van der Waals surface area contributed by atoms with Crippen LogP contribution >= 0.6 is 0 Å².